The van der Waals surface area contributed by atoms with E-state index in [4.69, 9.17) is 0 Å². The van der Waals surface area contributed by atoms with Crippen LogP contribution >= 0.6 is 0 Å². The first-order valence-electron chi connectivity index (χ1n) is 7.40. The summed E-state index contributed by atoms with van der Waals surface area (Å²) in [4.78, 5) is 27.4. The lowest BCUT2D eigenvalue weighted by Gasteiger charge is -2.31. The molecule has 2 N–H and O–H groups in total. The van der Waals surface area contributed by atoms with Crippen molar-refractivity contribution in [2.45, 2.75) is 45.8 Å². The van der Waals surface area contributed by atoms with Crippen LogP contribution in [0.2, 0.25) is 0 Å². The smallest absolute Gasteiger partial charge is 0.239 e. The van der Waals surface area contributed by atoms with Crippen LogP contribution in [-0.4, -0.2) is 71.6 Å². The Hall–Kier alpha value is -1.14. The number of likely N-dealkylation sites (tertiary alicyclic amines) is 1. The number of amides is 2. The Bertz CT molecular complexity index is 334. The van der Waals surface area contributed by atoms with Crippen LogP contribution in [0, 0.1) is 0 Å². The normalized spacial score (nSPS) is 19.9. The van der Waals surface area contributed by atoms with Crippen LogP contribution in [0.5, 0.6) is 0 Å². The van der Waals surface area contributed by atoms with Gasteiger partial charge in [0, 0.05) is 19.1 Å². The summed E-state index contributed by atoms with van der Waals surface area (Å²) in [5.74, 6) is -0.186. The maximum atomic E-state index is 12.2. The van der Waals surface area contributed by atoms with Crippen LogP contribution in [0.1, 0.15) is 33.6 Å². The first kappa shape index (κ1) is 16.9. The maximum Gasteiger partial charge on any atom is 0.239 e. The molecule has 1 heterocycles. The summed E-state index contributed by atoms with van der Waals surface area (Å²) < 4.78 is 0. The fourth-order valence-electron chi connectivity index (χ4n) is 2.38. The zero-order chi connectivity index (χ0) is 15.1. The summed E-state index contributed by atoms with van der Waals surface area (Å²) in [5.41, 5.74) is 0. The Morgan fingerprint density at radius 2 is 2.15 bits per heavy atom. The highest BCUT2D eigenvalue weighted by Gasteiger charge is 2.23. The number of nitrogens with one attached hydrogen (secondary N) is 1. The van der Waals surface area contributed by atoms with Crippen molar-refractivity contribution in [2.75, 3.05) is 32.7 Å². The second-order valence-corrected chi connectivity index (χ2v) is 5.66. The van der Waals surface area contributed by atoms with Crippen molar-refractivity contribution in [2.24, 2.45) is 0 Å². The molecule has 2 amide bonds. The summed E-state index contributed by atoms with van der Waals surface area (Å²) >= 11 is 0. The van der Waals surface area contributed by atoms with Gasteiger partial charge in [0.05, 0.1) is 19.2 Å². The topological polar surface area (TPSA) is 72.9 Å². The number of likely N-dealkylation sites (N-methyl/N-ethyl adjacent to an activating group) is 1. The Labute approximate surface area is 121 Å². The quantitative estimate of drug-likeness (QED) is 0.710. The lowest BCUT2D eigenvalue weighted by atomic mass is 10.1. The third-order valence-corrected chi connectivity index (χ3v) is 3.36. The molecule has 0 radical (unpaired) electrons. The number of hydrogen-bond donors (Lipinski definition) is 2. The first-order chi connectivity index (χ1) is 9.42. The second-order valence-electron chi connectivity index (χ2n) is 5.66. The van der Waals surface area contributed by atoms with Gasteiger partial charge in [-0.3, -0.25) is 14.5 Å². The van der Waals surface area contributed by atoms with Gasteiger partial charge in [-0.2, -0.15) is 0 Å². The van der Waals surface area contributed by atoms with E-state index in [1.807, 2.05) is 25.7 Å². The van der Waals surface area contributed by atoms with Crippen molar-refractivity contribution in [3.05, 3.63) is 0 Å². The molecule has 1 rings (SSSR count). The lowest BCUT2D eigenvalue weighted by molar-refractivity contribution is -0.137. The van der Waals surface area contributed by atoms with E-state index in [0.29, 0.717) is 13.1 Å². The van der Waals surface area contributed by atoms with E-state index in [1.165, 1.54) is 0 Å². The zero-order valence-electron chi connectivity index (χ0n) is 12.8. The molecule has 0 bridgehead atoms. The summed E-state index contributed by atoms with van der Waals surface area (Å²) in [5, 5.41) is 12.4. The van der Waals surface area contributed by atoms with E-state index in [1.54, 1.807) is 4.90 Å². The molecule has 0 aliphatic carbocycles. The fourth-order valence-corrected chi connectivity index (χ4v) is 2.38. The average Bonchev–Trinajstić information content (AvgIpc) is 2.34. The predicted octanol–water partition coefficient (Wildman–Crippen LogP) is -0.184. The second kappa shape index (κ2) is 8.21. The molecular weight excluding hydrogens is 258 g/mol. The zero-order valence-corrected chi connectivity index (χ0v) is 12.8. The van der Waals surface area contributed by atoms with Gasteiger partial charge in [0.1, 0.15) is 0 Å². The van der Waals surface area contributed by atoms with Crippen LogP contribution in [0.4, 0.5) is 0 Å². The van der Waals surface area contributed by atoms with E-state index in [0.717, 1.165) is 19.4 Å². The molecule has 1 aliphatic rings. The number of aliphatic hydroxyl groups excluding tert-OH is 1. The molecule has 0 aromatic rings. The molecule has 0 saturated carbocycles. The van der Waals surface area contributed by atoms with Gasteiger partial charge in [0.2, 0.25) is 11.8 Å². The fraction of sp³-hybridized carbons (Fsp3) is 0.857. The Balaban J connectivity index is 2.43. The highest BCUT2D eigenvalue weighted by molar-refractivity contribution is 5.85. The number of piperidine rings is 1. The number of aliphatic hydroxyl groups is 1. The Morgan fingerprint density at radius 1 is 1.45 bits per heavy atom. The van der Waals surface area contributed by atoms with Crippen molar-refractivity contribution in [3.8, 4) is 0 Å². The minimum Gasteiger partial charge on any atom is -0.392 e. The molecular formula is C14H27N3O3. The summed E-state index contributed by atoms with van der Waals surface area (Å²) in [6.45, 7) is 7.92. The van der Waals surface area contributed by atoms with Gasteiger partial charge in [0.25, 0.3) is 0 Å². The van der Waals surface area contributed by atoms with Gasteiger partial charge in [-0.15, -0.1) is 0 Å². The molecule has 0 aromatic heterocycles. The molecule has 1 fully saturated rings. The highest BCUT2D eigenvalue weighted by Crippen LogP contribution is 2.09. The molecule has 1 atom stereocenters. The third-order valence-electron chi connectivity index (χ3n) is 3.36. The molecule has 0 spiro atoms. The van der Waals surface area contributed by atoms with E-state index >= 15 is 0 Å². The van der Waals surface area contributed by atoms with E-state index in [-0.39, 0.29) is 37.0 Å². The van der Waals surface area contributed by atoms with E-state index in [2.05, 4.69) is 5.32 Å². The van der Waals surface area contributed by atoms with Crippen molar-refractivity contribution < 1.29 is 14.7 Å². The Morgan fingerprint density at radius 3 is 2.70 bits per heavy atom. The van der Waals surface area contributed by atoms with Gasteiger partial charge in [-0.25, -0.2) is 0 Å². The van der Waals surface area contributed by atoms with E-state index < -0.39 is 0 Å². The summed E-state index contributed by atoms with van der Waals surface area (Å²) in [6.07, 6.45) is 1.38. The lowest BCUT2D eigenvalue weighted by Crippen LogP contribution is -2.48. The van der Waals surface area contributed by atoms with Crippen LogP contribution in [-0.2, 0) is 9.59 Å². The number of carbonyl (C=O) groups is 2. The molecule has 6 heteroatoms. The SMILES string of the molecule is CCN(CC(=O)NC(C)C)C(=O)CN1CCC[C@@H](O)C1. The number of rotatable bonds is 6. The molecule has 1 saturated heterocycles. The molecule has 1 aliphatic heterocycles. The monoisotopic (exact) mass is 285 g/mol. The van der Waals surface area contributed by atoms with Crippen LogP contribution in [0.25, 0.3) is 0 Å². The number of β-amino-alcohol motifs (C(OH)–C–C–N with tert-alkyl or cyclic N) is 1. The van der Waals surface area contributed by atoms with Crippen molar-refractivity contribution in [3.63, 3.8) is 0 Å². The number of carbonyl (C=O) groups excluding carboxylic acids is 2. The average molecular weight is 285 g/mol. The van der Waals surface area contributed by atoms with Gasteiger partial charge < -0.3 is 15.3 Å². The predicted molar refractivity (Wildman–Crippen MR) is 77.2 cm³/mol. The summed E-state index contributed by atoms with van der Waals surface area (Å²) in [6, 6.07) is 0.0774. The molecule has 0 unspecified atom stereocenters. The molecule has 0 aromatic carbocycles. The van der Waals surface area contributed by atoms with Gasteiger partial charge in [-0.05, 0) is 40.2 Å². The third kappa shape index (κ3) is 5.88. The van der Waals surface area contributed by atoms with Gasteiger partial charge in [-0.1, -0.05) is 0 Å². The van der Waals surface area contributed by atoms with Crippen LogP contribution < -0.4 is 5.32 Å². The first-order valence-corrected chi connectivity index (χ1v) is 7.40. The van der Waals surface area contributed by atoms with E-state index in [9.17, 15) is 14.7 Å². The van der Waals surface area contributed by atoms with Crippen LogP contribution in [0.3, 0.4) is 0 Å². The minimum atomic E-state index is -0.337. The Kier molecular flexibility index (Phi) is 6.95. The van der Waals surface area contributed by atoms with Crippen molar-refractivity contribution >= 4 is 11.8 Å². The largest absolute Gasteiger partial charge is 0.392 e. The standard InChI is InChI=1S/C14H27N3O3/c1-4-17(9-13(19)15-11(2)3)14(20)10-16-7-5-6-12(18)8-16/h11-12,18H,4-10H2,1-3H3,(H,15,19)/t12-/m1/s1. The van der Waals surface area contributed by atoms with Crippen LogP contribution in [0.15, 0.2) is 0 Å². The van der Waals surface area contributed by atoms with Gasteiger partial charge in [0.15, 0.2) is 0 Å². The molecule has 20 heavy (non-hydrogen) atoms. The minimum absolute atomic E-state index is 0.0551. The van der Waals surface area contributed by atoms with Gasteiger partial charge >= 0.3 is 0 Å². The highest BCUT2D eigenvalue weighted by atomic mass is 16.3. The van der Waals surface area contributed by atoms with Crippen molar-refractivity contribution in [1.29, 1.82) is 0 Å². The molecule has 6 nitrogen and oxygen atoms in total. The summed E-state index contributed by atoms with van der Waals surface area (Å²) in [7, 11) is 0. The number of nitrogens with zero attached hydrogens (tertiary/aromatic N) is 2. The maximum absolute atomic E-state index is 12.2. The molecule has 116 valence electrons. The van der Waals surface area contributed by atoms with Crippen molar-refractivity contribution in [1.82, 2.24) is 15.1 Å². The number of hydrogen-bond acceptors (Lipinski definition) is 4.